The number of carbonyl (C=O) groups excluding carboxylic acids is 1. The molecule has 0 amide bonds. The Balaban J connectivity index is 3.94. The number of methoxy groups -OCH3 is 1. The SMILES string of the molecule is CC=CC(=CC)C(=O)OCCOC. The van der Waals surface area contributed by atoms with Gasteiger partial charge in [-0.05, 0) is 13.8 Å². The molecule has 0 aliphatic heterocycles. The van der Waals surface area contributed by atoms with Gasteiger partial charge in [0.25, 0.3) is 0 Å². The highest BCUT2D eigenvalue weighted by molar-refractivity contribution is 5.91. The first kappa shape index (κ1) is 11.9. The molecular formula is C10H16O3. The van der Waals surface area contributed by atoms with Gasteiger partial charge in [0, 0.05) is 7.11 Å². The van der Waals surface area contributed by atoms with E-state index < -0.39 is 0 Å². The molecule has 0 saturated carbocycles. The lowest BCUT2D eigenvalue weighted by molar-refractivity contribution is -0.139. The van der Waals surface area contributed by atoms with Crippen molar-refractivity contribution in [2.75, 3.05) is 20.3 Å². The summed E-state index contributed by atoms with van der Waals surface area (Å²) in [5, 5.41) is 0. The van der Waals surface area contributed by atoms with Crippen LogP contribution in [0.1, 0.15) is 13.8 Å². The van der Waals surface area contributed by atoms with E-state index in [4.69, 9.17) is 9.47 Å². The number of ether oxygens (including phenoxy) is 2. The number of carbonyl (C=O) groups is 1. The van der Waals surface area contributed by atoms with E-state index in [9.17, 15) is 4.79 Å². The molecule has 0 rings (SSSR count). The molecule has 13 heavy (non-hydrogen) atoms. The maximum atomic E-state index is 11.2. The van der Waals surface area contributed by atoms with Crippen LogP contribution in [0.4, 0.5) is 0 Å². The molecule has 0 aromatic carbocycles. The van der Waals surface area contributed by atoms with Crippen molar-refractivity contribution in [3.05, 3.63) is 23.8 Å². The van der Waals surface area contributed by atoms with Gasteiger partial charge >= 0.3 is 5.97 Å². The third kappa shape index (κ3) is 5.20. The molecule has 3 heteroatoms. The largest absolute Gasteiger partial charge is 0.460 e. The molecule has 0 atom stereocenters. The molecule has 0 heterocycles. The molecule has 0 fully saturated rings. The zero-order chi connectivity index (χ0) is 10.1. The predicted molar refractivity (Wildman–Crippen MR) is 51.4 cm³/mol. The van der Waals surface area contributed by atoms with E-state index in [2.05, 4.69) is 0 Å². The summed E-state index contributed by atoms with van der Waals surface area (Å²) in [6.45, 7) is 4.38. The smallest absolute Gasteiger partial charge is 0.337 e. The Morgan fingerprint density at radius 2 is 2.00 bits per heavy atom. The number of hydrogen-bond acceptors (Lipinski definition) is 3. The van der Waals surface area contributed by atoms with Crippen molar-refractivity contribution in [3.63, 3.8) is 0 Å². The minimum absolute atomic E-state index is 0.296. The van der Waals surface area contributed by atoms with Crippen molar-refractivity contribution in [2.45, 2.75) is 13.8 Å². The van der Waals surface area contributed by atoms with Gasteiger partial charge in [0.1, 0.15) is 6.61 Å². The fourth-order valence-corrected chi connectivity index (χ4v) is 0.763. The van der Waals surface area contributed by atoms with E-state index in [0.29, 0.717) is 18.8 Å². The van der Waals surface area contributed by atoms with Gasteiger partial charge in [-0.15, -0.1) is 0 Å². The van der Waals surface area contributed by atoms with Crippen molar-refractivity contribution in [1.82, 2.24) is 0 Å². The molecule has 0 bridgehead atoms. The lowest BCUT2D eigenvalue weighted by Gasteiger charge is -2.03. The zero-order valence-electron chi connectivity index (χ0n) is 8.37. The monoisotopic (exact) mass is 184 g/mol. The third-order valence-electron chi connectivity index (χ3n) is 1.41. The van der Waals surface area contributed by atoms with Crippen LogP contribution >= 0.6 is 0 Å². The molecule has 0 unspecified atom stereocenters. The van der Waals surface area contributed by atoms with Crippen LogP contribution in [0, 0.1) is 0 Å². The average molecular weight is 184 g/mol. The maximum Gasteiger partial charge on any atom is 0.337 e. The zero-order valence-corrected chi connectivity index (χ0v) is 8.37. The lowest BCUT2D eigenvalue weighted by atomic mass is 10.2. The van der Waals surface area contributed by atoms with Crippen LogP contribution in [0.25, 0.3) is 0 Å². The van der Waals surface area contributed by atoms with Gasteiger partial charge in [0.05, 0.1) is 12.2 Å². The van der Waals surface area contributed by atoms with Crippen molar-refractivity contribution in [3.8, 4) is 0 Å². The van der Waals surface area contributed by atoms with Gasteiger partial charge in [-0.3, -0.25) is 0 Å². The first-order valence-corrected chi connectivity index (χ1v) is 4.21. The first-order valence-electron chi connectivity index (χ1n) is 4.21. The molecule has 0 N–H and O–H groups in total. The van der Waals surface area contributed by atoms with Gasteiger partial charge in [-0.25, -0.2) is 4.79 Å². The summed E-state index contributed by atoms with van der Waals surface area (Å²) in [5.41, 5.74) is 0.568. The summed E-state index contributed by atoms with van der Waals surface area (Å²) in [6.07, 6.45) is 5.23. The van der Waals surface area contributed by atoms with Crippen LogP contribution in [-0.2, 0) is 14.3 Å². The van der Waals surface area contributed by atoms with E-state index in [1.807, 2.05) is 6.92 Å². The minimum atomic E-state index is -0.308. The Morgan fingerprint density at radius 1 is 1.31 bits per heavy atom. The Hall–Kier alpha value is -1.09. The number of rotatable bonds is 5. The maximum absolute atomic E-state index is 11.2. The summed E-state index contributed by atoms with van der Waals surface area (Å²) in [7, 11) is 1.57. The average Bonchev–Trinajstić information content (AvgIpc) is 2.14. The summed E-state index contributed by atoms with van der Waals surface area (Å²) in [4.78, 5) is 11.2. The fourth-order valence-electron chi connectivity index (χ4n) is 0.763. The van der Waals surface area contributed by atoms with Crippen LogP contribution in [0.3, 0.4) is 0 Å². The minimum Gasteiger partial charge on any atom is -0.460 e. The van der Waals surface area contributed by atoms with Crippen LogP contribution < -0.4 is 0 Å². The predicted octanol–water partition coefficient (Wildman–Crippen LogP) is 1.70. The Bertz CT molecular complexity index is 204. The quantitative estimate of drug-likeness (QED) is 0.282. The third-order valence-corrected chi connectivity index (χ3v) is 1.41. The highest BCUT2D eigenvalue weighted by atomic mass is 16.6. The molecule has 0 radical (unpaired) electrons. The lowest BCUT2D eigenvalue weighted by Crippen LogP contribution is -2.10. The van der Waals surface area contributed by atoms with E-state index in [-0.39, 0.29) is 5.97 Å². The molecule has 0 aliphatic rings. The highest BCUT2D eigenvalue weighted by Gasteiger charge is 2.05. The van der Waals surface area contributed by atoms with Crippen LogP contribution in [0.15, 0.2) is 23.8 Å². The van der Waals surface area contributed by atoms with E-state index in [0.717, 1.165) is 0 Å². The van der Waals surface area contributed by atoms with E-state index in [1.54, 1.807) is 32.3 Å². The number of allylic oxidation sites excluding steroid dienone is 2. The summed E-state index contributed by atoms with van der Waals surface area (Å²) in [5.74, 6) is -0.308. The molecule has 0 aromatic rings. The molecule has 0 saturated heterocycles. The summed E-state index contributed by atoms with van der Waals surface area (Å²) < 4.78 is 9.66. The number of hydrogen-bond donors (Lipinski definition) is 0. The fraction of sp³-hybridized carbons (Fsp3) is 0.500. The topological polar surface area (TPSA) is 35.5 Å². The van der Waals surface area contributed by atoms with E-state index in [1.165, 1.54) is 0 Å². The highest BCUT2D eigenvalue weighted by Crippen LogP contribution is 1.99. The van der Waals surface area contributed by atoms with Gasteiger partial charge < -0.3 is 9.47 Å². The molecule has 0 aliphatic carbocycles. The van der Waals surface area contributed by atoms with Crippen LogP contribution in [0.5, 0.6) is 0 Å². The normalized spacial score (nSPS) is 12.1. The van der Waals surface area contributed by atoms with Crippen molar-refractivity contribution < 1.29 is 14.3 Å². The summed E-state index contributed by atoms with van der Waals surface area (Å²) >= 11 is 0. The van der Waals surface area contributed by atoms with Crippen molar-refractivity contribution in [2.24, 2.45) is 0 Å². The first-order chi connectivity index (χ1) is 6.26. The van der Waals surface area contributed by atoms with Crippen molar-refractivity contribution in [1.29, 1.82) is 0 Å². The molecule has 0 aromatic heterocycles. The second-order valence-electron chi connectivity index (χ2n) is 2.37. The van der Waals surface area contributed by atoms with Crippen molar-refractivity contribution >= 4 is 5.97 Å². The molecule has 74 valence electrons. The van der Waals surface area contributed by atoms with Gasteiger partial charge in [-0.1, -0.05) is 18.2 Å². The second-order valence-corrected chi connectivity index (χ2v) is 2.37. The molecule has 0 spiro atoms. The van der Waals surface area contributed by atoms with Crippen LogP contribution in [0.2, 0.25) is 0 Å². The summed E-state index contributed by atoms with van der Waals surface area (Å²) in [6, 6.07) is 0. The van der Waals surface area contributed by atoms with Gasteiger partial charge in [0.2, 0.25) is 0 Å². The Morgan fingerprint density at radius 3 is 2.46 bits per heavy atom. The number of esters is 1. The van der Waals surface area contributed by atoms with Crippen LogP contribution in [-0.4, -0.2) is 26.3 Å². The van der Waals surface area contributed by atoms with Gasteiger partial charge in [-0.2, -0.15) is 0 Å². The Kier molecular flexibility index (Phi) is 6.92. The Labute approximate surface area is 79.0 Å². The molecular weight excluding hydrogens is 168 g/mol. The van der Waals surface area contributed by atoms with Gasteiger partial charge in [0.15, 0.2) is 0 Å². The van der Waals surface area contributed by atoms with E-state index >= 15 is 0 Å². The second kappa shape index (κ2) is 7.55. The standard InChI is InChI=1S/C10H16O3/c1-4-6-9(5-2)10(11)13-8-7-12-3/h4-6H,7-8H2,1-3H3. The molecule has 3 nitrogen and oxygen atoms in total.